The van der Waals surface area contributed by atoms with Gasteiger partial charge < -0.3 is 9.88 Å². The molecule has 0 saturated carbocycles. The van der Waals surface area contributed by atoms with E-state index >= 15 is 0 Å². The van der Waals surface area contributed by atoms with E-state index in [0.29, 0.717) is 26.5 Å². The van der Waals surface area contributed by atoms with Gasteiger partial charge in [0, 0.05) is 23.3 Å². The fourth-order valence-corrected chi connectivity index (χ4v) is 2.48. The molecule has 23 heavy (non-hydrogen) atoms. The minimum atomic E-state index is 0.291. The van der Waals surface area contributed by atoms with E-state index in [1.54, 1.807) is 35.0 Å². The van der Waals surface area contributed by atoms with Crippen molar-refractivity contribution in [2.45, 2.75) is 6.92 Å². The molecule has 1 aromatic heterocycles. The number of thiocarbonyl (C=S) groups is 1. The van der Waals surface area contributed by atoms with E-state index in [2.05, 4.69) is 21.9 Å². The Morgan fingerprint density at radius 3 is 2.74 bits per heavy atom. The van der Waals surface area contributed by atoms with Gasteiger partial charge in [0.2, 0.25) is 0 Å². The van der Waals surface area contributed by atoms with E-state index in [-0.39, 0.29) is 0 Å². The van der Waals surface area contributed by atoms with Crippen LogP contribution in [0.25, 0.3) is 0 Å². The van der Waals surface area contributed by atoms with Crippen LogP contribution in [0.15, 0.2) is 29.4 Å². The first-order valence-corrected chi connectivity index (χ1v) is 7.70. The fourth-order valence-electron chi connectivity index (χ4n) is 1.86. The number of rotatable bonds is 3. The molecule has 2 rings (SSSR count). The molecule has 0 fully saturated rings. The molecule has 2 aromatic rings. The second-order valence-corrected chi connectivity index (χ2v) is 5.94. The lowest BCUT2D eigenvalue weighted by Gasteiger charge is -2.08. The Kier molecular flexibility index (Phi) is 5.61. The van der Waals surface area contributed by atoms with Crippen LogP contribution in [0.4, 0.5) is 5.69 Å². The van der Waals surface area contributed by atoms with Gasteiger partial charge in [0.05, 0.1) is 16.9 Å². The molecule has 0 amide bonds. The van der Waals surface area contributed by atoms with Gasteiger partial charge in [-0.2, -0.15) is 10.4 Å². The largest absolute Gasteiger partial charge is 0.339 e. The summed E-state index contributed by atoms with van der Waals surface area (Å²) in [5.74, 6) is 0. The summed E-state index contributed by atoms with van der Waals surface area (Å²) >= 11 is 17.0. The smallest absolute Gasteiger partial charge is 0.191 e. The number of benzene rings is 1. The van der Waals surface area contributed by atoms with Crippen LogP contribution in [-0.2, 0) is 7.05 Å². The Bertz CT molecular complexity index is 820. The van der Waals surface area contributed by atoms with Crippen LogP contribution in [0.2, 0.25) is 10.0 Å². The summed E-state index contributed by atoms with van der Waals surface area (Å²) in [6, 6.07) is 8.92. The first-order valence-electron chi connectivity index (χ1n) is 6.54. The monoisotopic (exact) mass is 365 g/mol. The maximum atomic E-state index is 9.00. The lowest BCUT2D eigenvalue weighted by molar-refractivity contribution is 0.865. The summed E-state index contributed by atoms with van der Waals surface area (Å²) in [5, 5.41) is 17.3. The summed E-state index contributed by atoms with van der Waals surface area (Å²) < 4.78 is 1.80. The Morgan fingerprint density at radius 2 is 2.13 bits per heavy atom. The standard InChI is InChI=1S/C15H13Cl2N5S/c1-9-10(5-12(7-18)22(9)2)8-19-21-15(23)20-14-4-3-11(16)6-13(14)17/h3-6,8H,1-2H3,(H2,20,21,23)/b19-8-. The van der Waals surface area contributed by atoms with Crippen molar-refractivity contribution >= 4 is 52.4 Å². The Labute approximate surface area is 149 Å². The van der Waals surface area contributed by atoms with Crippen molar-refractivity contribution in [1.82, 2.24) is 9.99 Å². The molecular formula is C15H13Cl2N5S. The Morgan fingerprint density at radius 1 is 1.39 bits per heavy atom. The first kappa shape index (κ1) is 17.3. The van der Waals surface area contributed by atoms with Crippen molar-refractivity contribution < 1.29 is 0 Å². The van der Waals surface area contributed by atoms with Crippen LogP contribution >= 0.6 is 35.4 Å². The molecule has 0 atom stereocenters. The van der Waals surface area contributed by atoms with E-state index < -0.39 is 0 Å². The third-order valence-electron chi connectivity index (χ3n) is 3.24. The van der Waals surface area contributed by atoms with Crippen molar-refractivity contribution in [3.05, 3.63) is 51.3 Å². The van der Waals surface area contributed by atoms with E-state index in [1.165, 1.54) is 0 Å². The van der Waals surface area contributed by atoms with E-state index in [9.17, 15) is 0 Å². The highest BCUT2D eigenvalue weighted by Gasteiger charge is 2.06. The third kappa shape index (κ3) is 4.23. The van der Waals surface area contributed by atoms with Crippen molar-refractivity contribution in [3.8, 4) is 6.07 Å². The van der Waals surface area contributed by atoms with E-state index in [0.717, 1.165) is 11.3 Å². The molecule has 1 aromatic carbocycles. The number of hydrazone groups is 1. The van der Waals surface area contributed by atoms with Gasteiger partial charge in [0.15, 0.2) is 5.11 Å². The molecule has 0 saturated heterocycles. The zero-order valence-corrected chi connectivity index (χ0v) is 14.7. The second-order valence-electron chi connectivity index (χ2n) is 4.69. The highest BCUT2D eigenvalue weighted by molar-refractivity contribution is 7.80. The summed E-state index contributed by atoms with van der Waals surface area (Å²) in [5.41, 5.74) is 5.67. The molecule has 0 unspecified atom stereocenters. The lowest BCUT2D eigenvalue weighted by atomic mass is 10.3. The Balaban J connectivity index is 2.00. The molecule has 8 heteroatoms. The van der Waals surface area contributed by atoms with Crippen LogP contribution in [0.5, 0.6) is 0 Å². The molecular weight excluding hydrogens is 353 g/mol. The van der Waals surface area contributed by atoms with E-state index in [4.69, 9.17) is 40.7 Å². The maximum absolute atomic E-state index is 9.00. The number of hydrogen-bond acceptors (Lipinski definition) is 3. The van der Waals surface area contributed by atoms with Crippen molar-refractivity contribution in [2.75, 3.05) is 5.32 Å². The minimum Gasteiger partial charge on any atom is -0.339 e. The number of anilines is 1. The van der Waals surface area contributed by atoms with Crippen molar-refractivity contribution in [3.63, 3.8) is 0 Å². The minimum absolute atomic E-state index is 0.291. The summed E-state index contributed by atoms with van der Waals surface area (Å²) in [6.45, 7) is 1.91. The van der Waals surface area contributed by atoms with Gasteiger partial charge in [-0.05, 0) is 43.4 Å². The normalized spacial score (nSPS) is 10.6. The van der Waals surface area contributed by atoms with Gasteiger partial charge in [-0.15, -0.1) is 0 Å². The fraction of sp³-hybridized carbons (Fsp3) is 0.133. The zero-order valence-electron chi connectivity index (χ0n) is 12.4. The predicted octanol–water partition coefficient (Wildman–Crippen LogP) is 3.83. The van der Waals surface area contributed by atoms with Gasteiger partial charge in [-0.3, -0.25) is 5.43 Å². The van der Waals surface area contributed by atoms with Crippen LogP contribution in [0.1, 0.15) is 17.0 Å². The number of halogens is 2. The van der Waals surface area contributed by atoms with Crippen molar-refractivity contribution in [2.24, 2.45) is 12.1 Å². The first-order chi connectivity index (χ1) is 10.9. The van der Waals surface area contributed by atoms with Gasteiger partial charge in [0.25, 0.3) is 0 Å². The number of hydrogen-bond donors (Lipinski definition) is 2. The molecule has 0 aliphatic carbocycles. The van der Waals surface area contributed by atoms with Crippen LogP contribution < -0.4 is 10.7 Å². The van der Waals surface area contributed by atoms with Crippen LogP contribution in [0.3, 0.4) is 0 Å². The second kappa shape index (κ2) is 7.47. The molecule has 118 valence electrons. The summed E-state index contributed by atoms with van der Waals surface area (Å²) in [6.07, 6.45) is 1.60. The Hall–Kier alpha value is -2.07. The molecule has 5 nitrogen and oxygen atoms in total. The number of nitrogens with one attached hydrogen (secondary N) is 2. The topological polar surface area (TPSA) is 65.1 Å². The van der Waals surface area contributed by atoms with Gasteiger partial charge >= 0.3 is 0 Å². The zero-order chi connectivity index (χ0) is 17.0. The molecule has 0 radical (unpaired) electrons. The van der Waals surface area contributed by atoms with Gasteiger partial charge in [0.1, 0.15) is 11.8 Å². The van der Waals surface area contributed by atoms with Crippen LogP contribution in [-0.4, -0.2) is 15.9 Å². The quantitative estimate of drug-likeness (QED) is 0.492. The summed E-state index contributed by atoms with van der Waals surface area (Å²) in [4.78, 5) is 0. The molecule has 2 N–H and O–H groups in total. The highest BCUT2D eigenvalue weighted by Crippen LogP contribution is 2.25. The van der Waals surface area contributed by atoms with Crippen LogP contribution in [0, 0.1) is 18.3 Å². The maximum Gasteiger partial charge on any atom is 0.191 e. The molecule has 0 aliphatic heterocycles. The van der Waals surface area contributed by atoms with Crippen molar-refractivity contribution in [1.29, 1.82) is 5.26 Å². The predicted molar refractivity (Wildman–Crippen MR) is 98.3 cm³/mol. The number of nitriles is 1. The van der Waals surface area contributed by atoms with Gasteiger partial charge in [-0.25, -0.2) is 0 Å². The highest BCUT2D eigenvalue weighted by atomic mass is 35.5. The summed E-state index contributed by atoms with van der Waals surface area (Å²) in [7, 11) is 1.83. The molecule has 0 aliphatic rings. The molecule has 0 spiro atoms. The average molecular weight is 366 g/mol. The third-order valence-corrected chi connectivity index (χ3v) is 3.98. The molecule has 0 bridgehead atoms. The number of aromatic nitrogens is 1. The SMILES string of the molecule is Cc1c(/C=N\NC(=S)Nc2ccc(Cl)cc2Cl)cc(C#N)n1C. The molecule has 1 heterocycles. The average Bonchev–Trinajstić information content (AvgIpc) is 2.78. The van der Waals surface area contributed by atoms with E-state index in [1.807, 2.05) is 14.0 Å². The van der Waals surface area contributed by atoms with Gasteiger partial charge in [-0.1, -0.05) is 23.2 Å². The lowest BCUT2D eigenvalue weighted by Crippen LogP contribution is -2.24. The number of nitrogens with zero attached hydrogens (tertiary/aromatic N) is 3.